The van der Waals surface area contributed by atoms with Crippen LogP contribution in [0.15, 0.2) is 17.8 Å². The largest absolute Gasteiger partial charge is 0.411 e. The van der Waals surface area contributed by atoms with Crippen LogP contribution < -0.4 is 5.48 Å². The number of allylic oxidation sites excluding steroid dienone is 1. The van der Waals surface area contributed by atoms with E-state index < -0.39 is 0 Å². The summed E-state index contributed by atoms with van der Waals surface area (Å²) in [6.07, 6.45) is 14.1. The first kappa shape index (κ1) is 29.2. The summed E-state index contributed by atoms with van der Waals surface area (Å²) >= 11 is 0. The first-order valence-electron chi connectivity index (χ1n) is 14.8. The van der Waals surface area contributed by atoms with Gasteiger partial charge < -0.3 is 5.21 Å². The summed E-state index contributed by atoms with van der Waals surface area (Å²) in [6, 6.07) is 0. The Morgan fingerprint density at radius 1 is 0.917 bits per heavy atom. The Morgan fingerprint density at radius 2 is 1.47 bits per heavy atom. The van der Waals surface area contributed by atoms with Crippen molar-refractivity contribution in [3.05, 3.63) is 12.7 Å². The molecule has 0 bridgehead atoms. The summed E-state index contributed by atoms with van der Waals surface area (Å²) in [5.74, 6) is 2.96. The number of carbonyl (C=O) groups excluding carboxylic acids is 1. The van der Waals surface area contributed by atoms with E-state index >= 15 is 0 Å². The number of fused-ring (bicyclic) bond motifs is 7. The monoisotopic (exact) mass is 502 g/mol. The Kier molecular flexibility index (Phi) is 8.75. The number of hydroxylamine groups is 1. The first-order valence-corrected chi connectivity index (χ1v) is 14.8. The van der Waals surface area contributed by atoms with Crippen LogP contribution in [0.2, 0.25) is 0 Å². The molecule has 0 saturated heterocycles. The molecule has 1 amide bonds. The first-order chi connectivity index (χ1) is 17.1. The lowest BCUT2D eigenvalue weighted by molar-refractivity contribution is -0.183. The number of rotatable bonds is 1. The molecule has 0 aromatic heterocycles. The van der Waals surface area contributed by atoms with Gasteiger partial charge in [0.2, 0.25) is 5.91 Å². The normalized spacial score (nSPS) is 45.2. The molecule has 5 fully saturated rings. The number of oxime groups is 1. The number of nitrogens with one attached hydrogen (secondary N) is 1. The Hall–Kier alpha value is -1.36. The number of hydrogen-bond acceptors (Lipinski definition) is 4. The quantitative estimate of drug-likeness (QED) is 0.147. The highest BCUT2D eigenvalue weighted by Crippen LogP contribution is 2.72. The Balaban J connectivity index is 0.000000674. The third-order valence-electron chi connectivity index (χ3n) is 12.0. The Labute approximate surface area is 220 Å². The van der Waals surface area contributed by atoms with Crippen LogP contribution in [-0.4, -0.2) is 22.0 Å². The van der Waals surface area contributed by atoms with Crippen molar-refractivity contribution in [1.29, 1.82) is 0 Å². The molecule has 5 aliphatic rings. The third kappa shape index (κ3) is 4.16. The predicted octanol–water partition coefficient (Wildman–Crippen LogP) is 8.01. The van der Waals surface area contributed by atoms with Crippen LogP contribution in [0, 0.1) is 51.2 Å². The van der Waals surface area contributed by atoms with Gasteiger partial charge in [0, 0.05) is 5.41 Å². The van der Waals surface area contributed by atoms with Gasteiger partial charge in [-0.25, -0.2) is 5.48 Å². The lowest BCUT2D eigenvalue weighted by atomic mass is 9.37. The highest BCUT2D eigenvalue weighted by Gasteiger charge is 2.66. The lowest BCUT2D eigenvalue weighted by Crippen LogP contribution is -2.62. The average molecular weight is 503 g/mol. The molecular weight excluding hydrogens is 448 g/mol. The molecule has 7 unspecified atom stereocenters. The van der Waals surface area contributed by atoms with Crippen molar-refractivity contribution < 1.29 is 15.2 Å². The van der Waals surface area contributed by atoms with Crippen LogP contribution in [0.4, 0.5) is 0 Å². The minimum atomic E-state index is -0.327. The van der Waals surface area contributed by atoms with Gasteiger partial charge in [-0.1, -0.05) is 59.2 Å². The van der Waals surface area contributed by atoms with E-state index in [-0.39, 0.29) is 16.7 Å². The second-order valence-electron chi connectivity index (χ2n) is 13.3. The maximum Gasteiger partial charge on any atom is 0.249 e. The van der Waals surface area contributed by atoms with Crippen LogP contribution in [0.5, 0.6) is 0 Å². The SMILES string of the molecule is C=CC.CC.CC1(C)/C(=N\O)CCC2(C)C3CCC4C5CCCC5(C(=O)NO)CC[C@@]4(C)C3CCC12. The zero-order valence-electron chi connectivity index (χ0n) is 24.2. The highest BCUT2D eigenvalue weighted by atomic mass is 16.5. The molecule has 0 aliphatic heterocycles. The van der Waals surface area contributed by atoms with Gasteiger partial charge in [0.1, 0.15) is 0 Å². The molecule has 3 N–H and O–H groups in total. The van der Waals surface area contributed by atoms with Crippen molar-refractivity contribution in [2.24, 2.45) is 56.4 Å². The predicted molar refractivity (Wildman–Crippen MR) is 147 cm³/mol. The van der Waals surface area contributed by atoms with Gasteiger partial charge in [0.15, 0.2) is 0 Å². The fraction of sp³-hybridized carbons (Fsp3) is 0.871. The van der Waals surface area contributed by atoms with E-state index in [4.69, 9.17) is 0 Å². The molecule has 5 nitrogen and oxygen atoms in total. The zero-order chi connectivity index (χ0) is 26.9. The smallest absolute Gasteiger partial charge is 0.249 e. The molecule has 0 heterocycles. The van der Waals surface area contributed by atoms with E-state index in [1.165, 1.54) is 25.7 Å². The summed E-state index contributed by atoms with van der Waals surface area (Å²) in [7, 11) is 0. The molecule has 5 saturated carbocycles. The molecule has 206 valence electrons. The van der Waals surface area contributed by atoms with Gasteiger partial charge in [-0.2, -0.15) is 0 Å². The molecule has 0 aromatic carbocycles. The third-order valence-corrected chi connectivity index (χ3v) is 12.0. The van der Waals surface area contributed by atoms with E-state index in [2.05, 4.69) is 44.9 Å². The Bertz CT molecular complexity index is 838. The number of carbonyl (C=O) groups is 1. The molecule has 0 spiro atoms. The van der Waals surface area contributed by atoms with Crippen molar-refractivity contribution in [2.75, 3.05) is 0 Å². The van der Waals surface area contributed by atoms with Crippen molar-refractivity contribution in [2.45, 2.75) is 119 Å². The van der Waals surface area contributed by atoms with Gasteiger partial charge in [-0.05, 0) is 112 Å². The molecular formula is C31H54N2O3. The second kappa shape index (κ2) is 10.8. The average Bonchev–Trinajstić information content (AvgIpc) is 3.30. The minimum Gasteiger partial charge on any atom is -0.411 e. The summed E-state index contributed by atoms with van der Waals surface area (Å²) in [5.41, 5.74) is 3.30. The van der Waals surface area contributed by atoms with E-state index in [0.29, 0.717) is 28.6 Å². The lowest BCUT2D eigenvalue weighted by Gasteiger charge is -2.67. The molecule has 8 atom stereocenters. The maximum atomic E-state index is 12.8. The number of amides is 1. The fourth-order valence-electron chi connectivity index (χ4n) is 10.5. The van der Waals surface area contributed by atoms with Crippen LogP contribution >= 0.6 is 0 Å². The molecule has 5 rings (SSSR count). The highest BCUT2D eigenvalue weighted by molar-refractivity contribution is 5.90. The van der Waals surface area contributed by atoms with E-state index in [0.717, 1.165) is 62.5 Å². The van der Waals surface area contributed by atoms with Crippen molar-refractivity contribution >= 4 is 11.6 Å². The Morgan fingerprint density at radius 3 is 2.06 bits per heavy atom. The van der Waals surface area contributed by atoms with E-state index in [1.54, 1.807) is 6.08 Å². The second-order valence-corrected chi connectivity index (χ2v) is 13.3. The van der Waals surface area contributed by atoms with Crippen LogP contribution in [-0.2, 0) is 4.79 Å². The molecule has 5 aliphatic carbocycles. The fourth-order valence-corrected chi connectivity index (χ4v) is 10.5. The number of hydrogen-bond donors (Lipinski definition) is 3. The van der Waals surface area contributed by atoms with Crippen molar-refractivity contribution in [3.8, 4) is 0 Å². The van der Waals surface area contributed by atoms with Crippen LogP contribution in [0.1, 0.15) is 119 Å². The van der Waals surface area contributed by atoms with Crippen LogP contribution in [0.3, 0.4) is 0 Å². The standard InChI is InChI=1S/C26H42N2O3.C3H6.C2H6/c1-23(2)20-10-9-16-17(25(20,4)13-11-21(23)27-30)7-8-18-19-6-5-12-26(19,22(29)28-31)15-14-24(16,18)3;1-3-2;1-2/h16-20,30-31H,5-15H2,1-4H3,(H,28,29);3H,1H2,2H3;1-2H3/b27-21-;;/t16?,17?,18?,19?,20?,24-,25?,26?;;/m0../s1. The minimum absolute atomic E-state index is 0.0309. The van der Waals surface area contributed by atoms with Crippen molar-refractivity contribution in [1.82, 2.24) is 5.48 Å². The van der Waals surface area contributed by atoms with E-state index in [1.807, 2.05) is 20.8 Å². The van der Waals surface area contributed by atoms with Crippen LogP contribution in [0.25, 0.3) is 0 Å². The summed E-state index contributed by atoms with van der Waals surface area (Å²) < 4.78 is 0. The van der Waals surface area contributed by atoms with Crippen molar-refractivity contribution in [3.63, 3.8) is 0 Å². The van der Waals surface area contributed by atoms with Gasteiger partial charge in [-0.15, -0.1) is 6.58 Å². The summed E-state index contributed by atoms with van der Waals surface area (Å²) in [4.78, 5) is 12.8. The van der Waals surface area contributed by atoms with E-state index in [9.17, 15) is 15.2 Å². The molecule has 5 heteroatoms. The van der Waals surface area contributed by atoms with Gasteiger partial charge in [0.05, 0.1) is 11.1 Å². The van der Waals surface area contributed by atoms with Gasteiger partial charge in [-0.3, -0.25) is 10.0 Å². The maximum absolute atomic E-state index is 12.8. The molecule has 0 aromatic rings. The van der Waals surface area contributed by atoms with Gasteiger partial charge >= 0.3 is 0 Å². The molecule has 36 heavy (non-hydrogen) atoms. The zero-order valence-corrected chi connectivity index (χ0v) is 24.2. The summed E-state index contributed by atoms with van der Waals surface area (Å²) in [5, 5.41) is 22.9. The molecule has 0 radical (unpaired) electrons. The summed E-state index contributed by atoms with van der Waals surface area (Å²) in [6.45, 7) is 19.0. The van der Waals surface area contributed by atoms with Gasteiger partial charge in [0.25, 0.3) is 0 Å². The number of nitrogens with zero attached hydrogens (tertiary/aromatic N) is 1. The topological polar surface area (TPSA) is 81.9 Å².